The summed E-state index contributed by atoms with van der Waals surface area (Å²) >= 11 is 0. The summed E-state index contributed by atoms with van der Waals surface area (Å²) in [7, 11) is 3.00. The molecule has 3 aromatic carbocycles. The fraction of sp³-hybridized carbons (Fsp3) is 0.323. The number of anilines is 2. The molecule has 212 valence electrons. The molecule has 0 saturated carbocycles. The van der Waals surface area contributed by atoms with Crippen molar-refractivity contribution >= 4 is 29.2 Å². The largest absolute Gasteiger partial charge is 0.497 e. The summed E-state index contributed by atoms with van der Waals surface area (Å²) < 4.78 is 21.5. The van der Waals surface area contributed by atoms with Crippen LogP contribution in [0.2, 0.25) is 0 Å². The van der Waals surface area contributed by atoms with Crippen molar-refractivity contribution < 1.29 is 33.3 Å². The standard InChI is InChI=1S/C31H36N2O7/c1-20(2)25-15-9-21(3)17-27(25)40-23-12-10-22(11-13-23)32-29(34)7-6-8-31(36)39-19-30(35)33-26-16-14-24(37-4)18-28(26)38-5/h9-18,20H,6-8,19H2,1-5H3,(H,32,34)(H,33,35). The van der Waals surface area contributed by atoms with Crippen molar-refractivity contribution in [3.8, 4) is 23.0 Å². The van der Waals surface area contributed by atoms with Crippen molar-refractivity contribution in [2.24, 2.45) is 0 Å². The quantitative estimate of drug-likeness (QED) is 0.244. The van der Waals surface area contributed by atoms with Crippen LogP contribution in [-0.4, -0.2) is 38.6 Å². The van der Waals surface area contributed by atoms with Crippen molar-refractivity contribution in [3.05, 3.63) is 71.8 Å². The molecule has 2 N–H and O–H groups in total. The summed E-state index contributed by atoms with van der Waals surface area (Å²) in [6, 6.07) is 18.2. The second-order valence-electron chi connectivity index (χ2n) is 9.50. The van der Waals surface area contributed by atoms with Crippen LogP contribution in [-0.2, 0) is 19.1 Å². The van der Waals surface area contributed by atoms with E-state index in [4.69, 9.17) is 18.9 Å². The number of methoxy groups -OCH3 is 2. The van der Waals surface area contributed by atoms with E-state index in [2.05, 4.69) is 36.6 Å². The predicted octanol–water partition coefficient (Wildman–Crippen LogP) is 6.22. The Morgan fingerprint density at radius 2 is 1.50 bits per heavy atom. The van der Waals surface area contributed by atoms with E-state index in [-0.39, 0.29) is 25.2 Å². The number of nitrogens with one attached hydrogen (secondary N) is 2. The number of hydrogen-bond acceptors (Lipinski definition) is 7. The van der Waals surface area contributed by atoms with Gasteiger partial charge in [0.25, 0.3) is 5.91 Å². The molecule has 9 heteroatoms. The monoisotopic (exact) mass is 548 g/mol. The number of amides is 2. The third-order valence-corrected chi connectivity index (χ3v) is 5.99. The number of ether oxygens (including phenoxy) is 4. The molecule has 0 saturated heterocycles. The Bertz CT molecular complexity index is 1320. The molecule has 0 aromatic heterocycles. The smallest absolute Gasteiger partial charge is 0.306 e. The number of carbonyl (C=O) groups excluding carboxylic acids is 3. The number of esters is 1. The highest BCUT2D eigenvalue weighted by Crippen LogP contribution is 2.32. The average molecular weight is 549 g/mol. The number of benzene rings is 3. The first-order valence-electron chi connectivity index (χ1n) is 13.0. The molecule has 0 unspecified atom stereocenters. The van der Waals surface area contributed by atoms with Crippen LogP contribution in [0.25, 0.3) is 0 Å². The van der Waals surface area contributed by atoms with Gasteiger partial charge in [0.2, 0.25) is 5.91 Å². The fourth-order valence-corrected chi connectivity index (χ4v) is 3.86. The maximum absolute atomic E-state index is 12.3. The Balaban J connectivity index is 1.38. The first-order valence-corrected chi connectivity index (χ1v) is 13.0. The molecule has 0 aliphatic rings. The molecule has 0 aliphatic heterocycles. The van der Waals surface area contributed by atoms with Gasteiger partial charge in [0, 0.05) is 24.6 Å². The average Bonchev–Trinajstić information content (AvgIpc) is 2.93. The summed E-state index contributed by atoms with van der Waals surface area (Å²) in [5.74, 6) is 1.50. The van der Waals surface area contributed by atoms with Crippen LogP contribution in [0.15, 0.2) is 60.7 Å². The van der Waals surface area contributed by atoms with Crippen molar-refractivity contribution in [2.45, 2.75) is 46.0 Å². The van der Waals surface area contributed by atoms with Crippen LogP contribution in [0, 0.1) is 6.92 Å². The van der Waals surface area contributed by atoms with Gasteiger partial charge in [-0.3, -0.25) is 14.4 Å². The fourth-order valence-electron chi connectivity index (χ4n) is 3.86. The third-order valence-electron chi connectivity index (χ3n) is 5.99. The molecule has 0 bridgehead atoms. The lowest BCUT2D eigenvalue weighted by Crippen LogP contribution is -2.21. The number of rotatable bonds is 13. The first-order chi connectivity index (χ1) is 19.2. The Hall–Kier alpha value is -4.53. The molecular formula is C31H36N2O7. The zero-order valence-electron chi connectivity index (χ0n) is 23.5. The van der Waals surface area contributed by atoms with Crippen molar-refractivity contribution in [1.82, 2.24) is 0 Å². The van der Waals surface area contributed by atoms with Crippen LogP contribution in [0.5, 0.6) is 23.0 Å². The molecular weight excluding hydrogens is 512 g/mol. The van der Waals surface area contributed by atoms with Crippen LogP contribution >= 0.6 is 0 Å². The maximum Gasteiger partial charge on any atom is 0.306 e. The minimum Gasteiger partial charge on any atom is -0.497 e. The van der Waals surface area contributed by atoms with Gasteiger partial charge >= 0.3 is 5.97 Å². The van der Waals surface area contributed by atoms with E-state index < -0.39 is 18.5 Å². The zero-order chi connectivity index (χ0) is 29.1. The van der Waals surface area contributed by atoms with Crippen LogP contribution in [0.4, 0.5) is 11.4 Å². The predicted molar refractivity (Wildman–Crippen MR) is 153 cm³/mol. The SMILES string of the molecule is COc1ccc(NC(=O)COC(=O)CCCC(=O)Nc2ccc(Oc3cc(C)ccc3C(C)C)cc2)c(OC)c1. The van der Waals surface area contributed by atoms with Gasteiger partial charge in [0.15, 0.2) is 6.61 Å². The third kappa shape index (κ3) is 9.04. The molecule has 0 spiro atoms. The number of aryl methyl sites for hydroxylation is 1. The lowest BCUT2D eigenvalue weighted by Gasteiger charge is -2.15. The summed E-state index contributed by atoms with van der Waals surface area (Å²) in [6.45, 7) is 5.81. The number of carbonyl (C=O) groups is 3. The second-order valence-corrected chi connectivity index (χ2v) is 9.50. The highest BCUT2D eigenvalue weighted by atomic mass is 16.5. The summed E-state index contributed by atoms with van der Waals surface area (Å²) in [5.41, 5.74) is 3.29. The minimum absolute atomic E-state index is 0.00795. The van der Waals surface area contributed by atoms with Gasteiger partial charge < -0.3 is 29.6 Å². The summed E-state index contributed by atoms with van der Waals surface area (Å²) in [6.07, 6.45) is 0.419. The molecule has 0 fully saturated rings. The van der Waals surface area contributed by atoms with E-state index in [0.29, 0.717) is 34.5 Å². The maximum atomic E-state index is 12.3. The van der Waals surface area contributed by atoms with E-state index in [1.54, 1.807) is 42.5 Å². The Labute approximate surface area is 234 Å². The van der Waals surface area contributed by atoms with Crippen molar-refractivity contribution in [3.63, 3.8) is 0 Å². The molecule has 0 atom stereocenters. The summed E-state index contributed by atoms with van der Waals surface area (Å²) in [5, 5.41) is 5.44. The first kappa shape index (κ1) is 30.0. The molecule has 0 radical (unpaired) electrons. The van der Waals surface area contributed by atoms with Gasteiger partial charge in [0.05, 0.1) is 19.9 Å². The highest BCUT2D eigenvalue weighted by Gasteiger charge is 2.13. The number of hydrogen-bond donors (Lipinski definition) is 2. The molecule has 0 aliphatic carbocycles. The topological polar surface area (TPSA) is 112 Å². The van der Waals surface area contributed by atoms with Crippen LogP contribution in [0.1, 0.15) is 50.2 Å². The van der Waals surface area contributed by atoms with E-state index >= 15 is 0 Å². The normalized spacial score (nSPS) is 10.6. The van der Waals surface area contributed by atoms with Crippen LogP contribution < -0.4 is 24.8 Å². The lowest BCUT2D eigenvalue weighted by atomic mass is 10.0. The minimum atomic E-state index is -0.567. The Morgan fingerprint density at radius 1 is 0.775 bits per heavy atom. The molecule has 40 heavy (non-hydrogen) atoms. The van der Waals surface area contributed by atoms with E-state index in [9.17, 15) is 14.4 Å². The molecule has 9 nitrogen and oxygen atoms in total. The van der Waals surface area contributed by atoms with Crippen molar-refractivity contribution in [1.29, 1.82) is 0 Å². The van der Waals surface area contributed by atoms with E-state index in [0.717, 1.165) is 16.9 Å². The highest BCUT2D eigenvalue weighted by molar-refractivity contribution is 5.94. The van der Waals surface area contributed by atoms with Gasteiger partial charge in [-0.1, -0.05) is 26.0 Å². The lowest BCUT2D eigenvalue weighted by molar-refractivity contribution is -0.147. The molecule has 2 amide bonds. The molecule has 3 aromatic rings. The zero-order valence-corrected chi connectivity index (χ0v) is 23.5. The van der Waals surface area contributed by atoms with Gasteiger partial charge in [0.1, 0.15) is 23.0 Å². The summed E-state index contributed by atoms with van der Waals surface area (Å²) in [4.78, 5) is 36.5. The molecule has 0 heterocycles. The molecule has 3 rings (SSSR count). The second kappa shape index (κ2) is 14.6. The van der Waals surface area contributed by atoms with Gasteiger partial charge in [-0.15, -0.1) is 0 Å². The van der Waals surface area contributed by atoms with E-state index in [1.807, 2.05) is 13.0 Å². The van der Waals surface area contributed by atoms with Gasteiger partial charge in [-0.25, -0.2) is 0 Å². The Morgan fingerprint density at radius 3 is 2.17 bits per heavy atom. The van der Waals surface area contributed by atoms with Gasteiger partial charge in [-0.2, -0.15) is 0 Å². The van der Waals surface area contributed by atoms with Crippen LogP contribution in [0.3, 0.4) is 0 Å². The van der Waals surface area contributed by atoms with Crippen molar-refractivity contribution in [2.75, 3.05) is 31.5 Å². The Kier molecular flexibility index (Phi) is 10.9. The van der Waals surface area contributed by atoms with Gasteiger partial charge in [-0.05, 0) is 72.9 Å². The van der Waals surface area contributed by atoms with E-state index in [1.165, 1.54) is 14.2 Å².